The quantitative estimate of drug-likeness (QED) is 0.472. The van der Waals surface area contributed by atoms with Gasteiger partial charge in [-0.1, -0.05) is 41.4 Å². The zero-order valence-electron chi connectivity index (χ0n) is 16.3. The molecular weight excluding hydrogens is 392 g/mol. The van der Waals surface area contributed by atoms with Crippen LogP contribution >= 0.6 is 11.6 Å². The van der Waals surface area contributed by atoms with E-state index in [0.29, 0.717) is 23.8 Å². The molecule has 0 bridgehead atoms. The van der Waals surface area contributed by atoms with Crippen molar-refractivity contribution in [1.29, 1.82) is 0 Å². The number of ether oxygens (including phenoxy) is 2. The van der Waals surface area contributed by atoms with Crippen molar-refractivity contribution in [2.45, 2.75) is 13.5 Å². The Balaban J connectivity index is 1.72. The Kier molecular flexibility index (Phi) is 6.51. The van der Waals surface area contributed by atoms with Gasteiger partial charge >= 0.3 is 0 Å². The van der Waals surface area contributed by atoms with Crippen molar-refractivity contribution in [3.05, 3.63) is 80.7 Å². The van der Waals surface area contributed by atoms with Crippen molar-refractivity contribution < 1.29 is 9.47 Å². The van der Waals surface area contributed by atoms with Crippen molar-refractivity contribution in [3.63, 3.8) is 0 Å². The minimum atomic E-state index is -0.400. The van der Waals surface area contributed by atoms with E-state index in [1.807, 2.05) is 43.3 Å². The molecule has 0 aliphatic heterocycles. The maximum atomic E-state index is 11.8. The first-order valence-corrected chi connectivity index (χ1v) is 9.23. The molecule has 2 aromatic carbocycles. The van der Waals surface area contributed by atoms with Crippen molar-refractivity contribution >= 4 is 23.5 Å². The maximum absolute atomic E-state index is 11.8. The Morgan fingerprint density at radius 1 is 1.21 bits per heavy atom. The third-order valence-electron chi connectivity index (χ3n) is 4.18. The third-order valence-corrected chi connectivity index (χ3v) is 4.54. The zero-order valence-corrected chi connectivity index (χ0v) is 17.1. The van der Waals surface area contributed by atoms with Crippen LogP contribution in [0.2, 0.25) is 5.02 Å². The highest BCUT2D eigenvalue weighted by molar-refractivity contribution is 6.32. The molecule has 0 amide bonds. The topological polar surface area (TPSA) is 77.7 Å². The van der Waals surface area contributed by atoms with Gasteiger partial charge in [0.15, 0.2) is 11.5 Å². The number of aryl methyl sites for hydroxylation is 2. The Morgan fingerprint density at radius 3 is 2.69 bits per heavy atom. The molecule has 0 fully saturated rings. The molecule has 3 aromatic rings. The summed E-state index contributed by atoms with van der Waals surface area (Å²) in [5.41, 5.74) is 5.70. The van der Waals surface area contributed by atoms with Gasteiger partial charge in [-0.15, -0.1) is 0 Å². The maximum Gasteiger partial charge on any atom is 0.287 e. The van der Waals surface area contributed by atoms with E-state index in [1.54, 1.807) is 19.4 Å². The summed E-state index contributed by atoms with van der Waals surface area (Å²) in [7, 11) is 3.12. The van der Waals surface area contributed by atoms with Crippen LogP contribution in [0.25, 0.3) is 0 Å². The second-order valence-corrected chi connectivity index (χ2v) is 6.73. The molecule has 0 aliphatic carbocycles. The van der Waals surface area contributed by atoms with E-state index in [1.165, 1.54) is 18.8 Å². The van der Waals surface area contributed by atoms with Crippen LogP contribution in [0.3, 0.4) is 0 Å². The largest absolute Gasteiger partial charge is 0.493 e. The first-order valence-electron chi connectivity index (χ1n) is 8.85. The lowest BCUT2D eigenvalue weighted by atomic mass is 10.1. The average Bonchev–Trinajstić information content (AvgIpc) is 2.73. The van der Waals surface area contributed by atoms with E-state index in [2.05, 4.69) is 15.6 Å². The van der Waals surface area contributed by atoms with E-state index in [9.17, 15) is 4.79 Å². The Bertz CT molecular complexity index is 1080. The summed E-state index contributed by atoms with van der Waals surface area (Å²) in [5.74, 6) is 1.23. The molecule has 150 valence electrons. The summed E-state index contributed by atoms with van der Waals surface area (Å²) in [6.45, 7) is 2.46. The lowest BCUT2D eigenvalue weighted by Crippen LogP contribution is -2.20. The second-order valence-electron chi connectivity index (χ2n) is 6.36. The molecular formula is C21H21ClN4O3. The van der Waals surface area contributed by atoms with Gasteiger partial charge in [0.2, 0.25) is 0 Å². The first kappa shape index (κ1) is 20.4. The number of methoxy groups -OCH3 is 1. The highest BCUT2D eigenvalue weighted by Crippen LogP contribution is 2.28. The van der Waals surface area contributed by atoms with Crippen LogP contribution in [0, 0.1) is 6.92 Å². The van der Waals surface area contributed by atoms with E-state index >= 15 is 0 Å². The molecule has 0 saturated carbocycles. The van der Waals surface area contributed by atoms with Gasteiger partial charge < -0.3 is 9.47 Å². The summed E-state index contributed by atoms with van der Waals surface area (Å²) < 4.78 is 12.5. The predicted octanol–water partition coefficient (Wildman–Crippen LogP) is 3.78. The fraction of sp³-hybridized carbons (Fsp3) is 0.190. The van der Waals surface area contributed by atoms with Crippen LogP contribution in [0.15, 0.2) is 58.6 Å². The molecule has 0 atom stereocenters. The van der Waals surface area contributed by atoms with Gasteiger partial charge in [-0.25, -0.2) is 4.68 Å². The van der Waals surface area contributed by atoms with E-state index in [0.717, 1.165) is 15.8 Å². The van der Waals surface area contributed by atoms with Gasteiger partial charge in [-0.2, -0.15) is 10.2 Å². The minimum absolute atomic E-state index is 0.0245. The number of hydrogen-bond donors (Lipinski definition) is 1. The molecule has 0 aliphatic rings. The number of hydrogen-bond acceptors (Lipinski definition) is 6. The molecule has 0 unspecified atom stereocenters. The number of rotatable bonds is 7. The molecule has 1 heterocycles. The smallest absolute Gasteiger partial charge is 0.287 e. The van der Waals surface area contributed by atoms with Crippen molar-refractivity contribution in [2.75, 3.05) is 12.5 Å². The van der Waals surface area contributed by atoms with Crippen LogP contribution < -0.4 is 20.5 Å². The Morgan fingerprint density at radius 2 is 1.97 bits per heavy atom. The number of anilines is 1. The fourth-order valence-electron chi connectivity index (χ4n) is 2.50. The predicted molar refractivity (Wildman–Crippen MR) is 114 cm³/mol. The van der Waals surface area contributed by atoms with Gasteiger partial charge in [-0.3, -0.25) is 10.2 Å². The third kappa shape index (κ3) is 5.14. The number of nitrogens with one attached hydrogen (secondary N) is 1. The van der Waals surface area contributed by atoms with Gasteiger partial charge in [0, 0.05) is 7.05 Å². The van der Waals surface area contributed by atoms with Gasteiger partial charge in [0.25, 0.3) is 5.56 Å². The molecule has 29 heavy (non-hydrogen) atoms. The van der Waals surface area contributed by atoms with Crippen LogP contribution in [0.1, 0.15) is 16.7 Å². The van der Waals surface area contributed by atoms with Crippen molar-refractivity contribution in [1.82, 2.24) is 9.78 Å². The Labute approximate surface area is 173 Å². The molecule has 8 heteroatoms. The van der Waals surface area contributed by atoms with Crippen LogP contribution in [-0.2, 0) is 13.7 Å². The number of benzene rings is 2. The van der Waals surface area contributed by atoms with Gasteiger partial charge in [0.1, 0.15) is 17.3 Å². The van der Waals surface area contributed by atoms with Crippen molar-refractivity contribution in [3.8, 4) is 11.5 Å². The van der Waals surface area contributed by atoms with E-state index in [4.69, 9.17) is 21.1 Å². The lowest BCUT2D eigenvalue weighted by Gasteiger charge is -2.11. The van der Waals surface area contributed by atoms with Crippen molar-refractivity contribution in [2.24, 2.45) is 12.1 Å². The number of nitrogens with zero attached hydrogens (tertiary/aromatic N) is 3. The monoisotopic (exact) mass is 412 g/mol. The van der Waals surface area contributed by atoms with Crippen LogP contribution in [0.5, 0.6) is 11.5 Å². The summed E-state index contributed by atoms with van der Waals surface area (Å²) >= 11 is 6.01. The molecule has 7 nitrogen and oxygen atoms in total. The molecule has 1 aromatic heterocycles. The standard InChI is InChI=1S/C21H21ClN4O3/c1-14-4-6-15(7-5-14)13-29-19-10-16(8-9-18(19)28-3)11-23-25-17-12-24-26(2)21(27)20(17)22/h4-12,25H,13H2,1-3H3/b23-11-. The number of aromatic nitrogens is 2. The summed E-state index contributed by atoms with van der Waals surface area (Å²) in [6.07, 6.45) is 3.02. The summed E-state index contributed by atoms with van der Waals surface area (Å²) in [5, 5.41) is 8.06. The molecule has 3 rings (SSSR count). The molecule has 0 radical (unpaired) electrons. The lowest BCUT2D eigenvalue weighted by molar-refractivity contribution is 0.284. The molecule has 1 N–H and O–H groups in total. The first-order chi connectivity index (χ1) is 14.0. The summed E-state index contributed by atoms with van der Waals surface area (Å²) in [4.78, 5) is 11.8. The van der Waals surface area contributed by atoms with E-state index in [-0.39, 0.29) is 5.02 Å². The molecule has 0 spiro atoms. The van der Waals surface area contributed by atoms with Crippen LogP contribution in [0.4, 0.5) is 5.69 Å². The van der Waals surface area contributed by atoms with Crippen LogP contribution in [-0.4, -0.2) is 23.1 Å². The highest BCUT2D eigenvalue weighted by atomic mass is 35.5. The SMILES string of the molecule is COc1ccc(/C=N\Nc2cnn(C)c(=O)c2Cl)cc1OCc1ccc(C)cc1. The second kappa shape index (κ2) is 9.25. The normalized spacial score (nSPS) is 10.9. The zero-order chi connectivity index (χ0) is 20.8. The Hall–Kier alpha value is -3.32. The highest BCUT2D eigenvalue weighted by Gasteiger charge is 2.07. The van der Waals surface area contributed by atoms with E-state index < -0.39 is 5.56 Å². The number of halogens is 1. The number of hydrazone groups is 1. The molecule has 0 saturated heterocycles. The van der Waals surface area contributed by atoms with Gasteiger partial charge in [-0.05, 0) is 36.2 Å². The summed E-state index contributed by atoms with van der Waals surface area (Å²) in [6, 6.07) is 13.6. The minimum Gasteiger partial charge on any atom is -0.493 e. The van der Waals surface area contributed by atoms with Gasteiger partial charge in [0.05, 0.1) is 19.5 Å². The fourth-order valence-corrected chi connectivity index (χ4v) is 2.71. The average molecular weight is 413 g/mol.